The SMILES string of the molecule is Cc1cc(N2CCN(C(=O)NC3C4CC5CC3CC(C(N)=O)(C5)C4)c3ccccc32)ncc1N1CCN(S(C)(=O)=O)CC1. The normalized spacial score (nSPS) is 30.3. The Hall–Kier alpha value is -3.38. The molecule has 3 heterocycles. The number of benzene rings is 1. The van der Waals surface area contributed by atoms with E-state index in [9.17, 15) is 18.0 Å². The monoisotopic (exact) mass is 607 g/mol. The number of aromatic nitrogens is 1. The number of para-hydroxylation sites is 2. The van der Waals surface area contributed by atoms with Gasteiger partial charge in [0.15, 0.2) is 0 Å². The van der Waals surface area contributed by atoms with Crippen molar-refractivity contribution < 1.29 is 18.0 Å². The molecule has 5 fully saturated rings. The number of nitrogens with one attached hydrogen (secondary N) is 1. The van der Waals surface area contributed by atoms with Crippen LogP contribution < -0.4 is 25.8 Å². The van der Waals surface area contributed by atoms with Gasteiger partial charge in [0, 0.05) is 50.7 Å². The van der Waals surface area contributed by atoms with Crippen LogP contribution in [-0.2, 0) is 14.8 Å². The Labute approximate surface area is 253 Å². The molecule has 12 heteroatoms. The predicted molar refractivity (Wildman–Crippen MR) is 166 cm³/mol. The van der Waals surface area contributed by atoms with Gasteiger partial charge >= 0.3 is 6.03 Å². The standard InChI is InChI=1S/C31H41N7O4S/c1-20-13-27(33-19-26(20)35-7-9-36(10-8-35)43(2,41)42)37-11-12-38(25-6-4-3-5-24(25)37)30(40)34-28-22-14-21-15-23(28)18-31(16-21,17-22)29(32)39/h3-6,13,19,21-23,28H,7-12,14-18H2,1-2H3,(H2,32,39)(H,34,40). The molecule has 2 aliphatic heterocycles. The van der Waals surface area contributed by atoms with Crippen LogP contribution in [0.1, 0.15) is 37.7 Å². The molecule has 230 valence electrons. The van der Waals surface area contributed by atoms with Crippen LogP contribution in [0.15, 0.2) is 36.5 Å². The van der Waals surface area contributed by atoms with Gasteiger partial charge < -0.3 is 20.9 Å². The molecule has 2 atom stereocenters. The Bertz CT molecular complexity index is 1540. The predicted octanol–water partition coefficient (Wildman–Crippen LogP) is 2.82. The minimum absolute atomic E-state index is 0.0783. The lowest BCUT2D eigenvalue weighted by atomic mass is 9.47. The lowest BCUT2D eigenvalue weighted by Gasteiger charge is -2.59. The van der Waals surface area contributed by atoms with E-state index in [-0.39, 0.29) is 23.4 Å². The van der Waals surface area contributed by atoms with E-state index in [0.29, 0.717) is 57.0 Å². The van der Waals surface area contributed by atoms with Gasteiger partial charge in [0.2, 0.25) is 15.9 Å². The number of carbonyl (C=O) groups excluding carboxylic acids is 2. The third-order valence-corrected chi connectivity index (χ3v) is 12.0. The molecule has 1 aromatic heterocycles. The smallest absolute Gasteiger partial charge is 0.322 e. The van der Waals surface area contributed by atoms with E-state index in [1.165, 1.54) is 10.6 Å². The van der Waals surface area contributed by atoms with Gasteiger partial charge in [0.25, 0.3) is 0 Å². The molecular weight excluding hydrogens is 566 g/mol. The van der Waals surface area contributed by atoms with Gasteiger partial charge in [-0.2, -0.15) is 4.31 Å². The molecule has 0 spiro atoms. The van der Waals surface area contributed by atoms with Gasteiger partial charge in [-0.15, -0.1) is 0 Å². The summed E-state index contributed by atoms with van der Waals surface area (Å²) in [5, 5.41) is 3.40. The number of rotatable bonds is 5. The lowest BCUT2D eigenvalue weighted by molar-refractivity contribution is -0.145. The minimum Gasteiger partial charge on any atom is -0.369 e. The van der Waals surface area contributed by atoms with Gasteiger partial charge in [0.1, 0.15) is 5.82 Å². The fraction of sp³-hybridized carbons (Fsp3) is 0.581. The number of primary amides is 1. The summed E-state index contributed by atoms with van der Waals surface area (Å²) in [6.45, 7) is 5.37. The van der Waals surface area contributed by atoms with E-state index in [0.717, 1.165) is 60.5 Å². The fourth-order valence-electron chi connectivity index (χ4n) is 8.87. The molecular formula is C31H41N7O4S. The second kappa shape index (κ2) is 10.4. The molecule has 0 radical (unpaired) electrons. The largest absolute Gasteiger partial charge is 0.369 e. The molecule has 3 amide bonds. The fourth-order valence-corrected chi connectivity index (χ4v) is 9.69. The Morgan fingerprint density at radius 1 is 0.953 bits per heavy atom. The number of hydrogen-bond acceptors (Lipinski definition) is 7. The second-order valence-electron chi connectivity index (χ2n) is 13.4. The minimum atomic E-state index is -3.19. The van der Waals surface area contributed by atoms with Gasteiger partial charge in [-0.25, -0.2) is 18.2 Å². The summed E-state index contributed by atoms with van der Waals surface area (Å²) in [5.74, 6) is 1.81. The van der Waals surface area contributed by atoms with Crippen LogP contribution in [0.5, 0.6) is 0 Å². The molecule has 4 bridgehead atoms. The summed E-state index contributed by atoms with van der Waals surface area (Å²) in [4.78, 5) is 37.2. The van der Waals surface area contributed by atoms with Gasteiger partial charge in [-0.1, -0.05) is 12.1 Å². The average Bonchev–Trinajstić information content (AvgIpc) is 2.97. The zero-order chi connectivity index (χ0) is 30.1. The molecule has 1 saturated heterocycles. The van der Waals surface area contributed by atoms with Gasteiger partial charge in [-0.3, -0.25) is 9.69 Å². The summed E-state index contributed by atoms with van der Waals surface area (Å²) in [7, 11) is -3.19. The summed E-state index contributed by atoms with van der Waals surface area (Å²) in [6, 6.07) is 10.0. The second-order valence-corrected chi connectivity index (χ2v) is 15.3. The van der Waals surface area contributed by atoms with Crippen LogP contribution >= 0.6 is 0 Å². The zero-order valence-electron chi connectivity index (χ0n) is 24.9. The average molecular weight is 608 g/mol. The molecule has 1 aromatic carbocycles. The number of piperazine rings is 1. The topological polar surface area (TPSA) is 132 Å². The first-order chi connectivity index (χ1) is 20.5. The molecule has 4 aliphatic carbocycles. The number of urea groups is 1. The summed E-state index contributed by atoms with van der Waals surface area (Å²) in [5.41, 5.74) is 9.37. The molecule has 2 unspecified atom stereocenters. The maximum atomic E-state index is 13.8. The van der Waals surface area contributed by atoms with Crippen molar-refractivity contribution >= 4 is 44.8 Å². The van der Waals surface area contributed by atoms with Crippen LogP contribution in [0.4, 0.5) is 27.7 Å². The Morgan fingerprint density at radius 3 is 2.26 bits per heavy atom. The number of nitrogens with two attached hydrogens (primary N) is 1. The summed E-state index contributed by atoms with van der Waals surface area (Å²) < 4.78 is 25.4. The first-order valence-corrected chi connectivity index (χ1v) is 17.3. The first kappa shape index (κ1) is 28.4. The number of sulfonamides is 1. The van der Waals surface area contributed by atoms with Crippen LogP contribution in [0.2, 0.25) is 0 Å². The van der Waals surface area contributed by atoms with Crippen molar-refractivity contribution in [3.8, 4) is 0 Å². The zero-order valence-corrected chi connectivity index (χ0v) is 25.7. The van der Waals surface area contributed by atoms with Crippen molar-refractivity contribution in [3.05, 3.63) is 42.1 Å². The summed E-state index contributed by atoms with van der Waals surface area (Å²) in [6.07, 6.45) is 7.77. The van der Waals surface area contributed by atoms with Crippen molar-refractivity contribution in [3.63, 3.8) is 0 Å². The molecule has 6 aliphatic rings. The number of anilines is 4. The van der Waals surface area contributed by atoms with Crippen molar-refractivity contribution in [2.45, 2.75) is 45.1 Å². The van der Waals surface area contributed by atoms with Crippen molar-refractivity contribution in [2.24, 2.45) is 28.9 Å². The number of pyridine rings is 1. The van der Waals surface area contributed by atoms with E-state index in [4.69, 9.17) is 10.7 Å². The highest BCUT2D eigenvalue weighted by molar-refractivity contribution is 7.88. The maximum absolute atomic E-state index is 13.8. The van der Waals surface area contributed by atoms with E-state index in [1.807, 2.05) is 35.4 Å². The third kappa shape index (κ3) is 4.92. The molecule has 8 rings (SSSR count). The van der Waals surface area contributed by atoms with Gasteiger partial charge in [-0.05, 0) is 80.5 Å². The van der Waals surface area contributed by atoms with E-state index in [1.54, 1.807) is 0 Å². The number of aryl methyl sites for hydroxylation is 1. The van der Waals surface area contributed by atoms with E-state index in [2.05, 4.69) is 28.1 Å². The van der Waals surface area contributed by atoms with Crippen molar-refractivity contribution in [1.82, 2.24) is 14.6 Å². The maximum Gasteiger partial charge on any atom is 0.322 e. The lowest BCUT2D eigenvalue weighted by Crippen LogP contribution is -2.63. The molecule has 4 saturated carbocycles. The molecule has 11 nitrogen and oxygen atoms in total. The van der Waals surface area contributed by atoms with Crippen LogP contribution in [-0.4, -0.2) is 81.2 Å². The Balaban J connectivity index is 1.07. The van der Waals surface area contributed by atoms with Crippen LogP contribution in [0.25, 0.3) is 0 Å². The highest BCUT2D eigenvalue weighted by Gasteiger charge is 2.58. The molecule has 43 heavy (non-hydrogen) atoms. The highest BCUT2D eigenvalue weighted by Crippen LogP contribution is 2.60. The number of amides is 3. The van der Waals surface area contributed by atoms with Crippen LogP contribution in [0.3, 0.4) is 0 Å². The first-order valence-electron chi connectivity index (χ1n) is 15.4. The summed E-state index contributed by atoms with van der Waals surface area (Å²) >= 11 is 0. The molecule has 3 N–H and O–H groups in total. The van der Waals surface area contributed by atoms with E-state index < -0.39 is 10.0 Å². The third-order valence-electron chi connectivity index (χ3n) is 10.7. The number of hydrogen-bond donors (Lipinski definition) is 2. The van der Waals surface area contributed by atoms with Crippen LogP contribution in [0, 0.1) is 30.1 Å². The highest BCUT2D eigenvalue weighted by atomic mass is 32.2. The van der Waals surface area contributed by atoms with Crippen molar-refractivity contribution in [1.29, 1.82) is 0 Å². The Kier molecular flexibility index (Phi) is 6.84. The molecule has 2 aromatic rings. The number of nitrogens with zero attached hydrogens (tertiary/aromatic N) is 5. The van der Waals surface area contributed by atoms with Gasteiger partial charge in [0.05, 0.1) is 29.5 Å². The number of fused-ring (bicyclic) bond motifs is 1. The van der Waals surface area contributed by atoms with Crippen molar-refractivity contribution in [2.75, 3.05) is 60.2 Å². The van der Waals surface area contributed by atoms with E-state index >= 15 is 0 Å². The number of carbonyl (C=O) groups is 2. The Morgan fingerprint density at radius 2 is 1.63 bits per heavy atom. The quantitative estimate of drug-likeness (QED) is 0.534.